The molecule has 0 radical (unpaired) electrons. The molecule has 4 rings (SSSR count). The number of nitrogens with zero attached hydrogens (tertiary/aromatic N) is 3. The van der Waals surface area contributed by atoms with Crippen LogP contribution in [0, 0.1) is 0 Å². The molecule has 28 heavy (non-hydrogen) atoms. The Morgan fingerprint density at radius 3 is 2.50 bits per heavy atom. The van der Waals surface area contributed by atoms with Crippen LogP contribution in [0.4, 0.5) is 5.82 Å². The summed E-state index contributed by atoms with van der Waals surface area (Å²) in [7, 11) is 0. The summed E-state index contributed by atoms with van der Waals surface area (Å²) in [6, 6.07) is 19.7. The molecule has 0 spiro atoms. The van der Waals surface area contributed by atoms with E-state index in [0.717, 1.165) is 30.2 Å². The minimum atomic E-state index is 0.0238. The van der Waals surface area contributed by atoms with Crippen LogP contribution >= 0.6 is 0 Å². The van der Waals surface area contributed by atoms with Crippen molar-refractivity contribution in [1.29, 1.82) is 0 Å². The number of hydrogen-bond donors (Lipinski definition) is 1. The number of rotatable bonds is 5. The van der Waals surface area contributed by atoms with E-state index in [1.54, 1.807) is 0 Å². The molecule has 1 fully saturated rings. The number of ether oxygens (including phenoxy) is 1. The Kier molecular flexibility index (Phi) is 5.28. The monoisotopic (exact) mass is 376 g/mol. The van der Waals surface area contributed by atoms with E-state index < -0.39 is 0 Å². The van der Waals surface area contributed by atoms with Gasteiger partial charge in [-0.05, 0) is 24.6 Å². The number of hydrogen-bond acceptors (Lipinski definition) is 4. The van der Waals surface area contributed by atoms with E-state index in [9.17, 15) is 4.79 Å². The second-order valence-corrected chi connectivity index (χ2v) is 6.71. The fourth-order valence-electron chi connectivity index (χ4n) is 3.47. The maximum absolute atomic E-state index is 12.9. The zero-order valence-corrected chi connectivity index (χ0v) is 16.0. The standard InChI is InChI=1S/C22H24N4O2/c1-2-28-20-11-7-6-10-18(20)22(27)26-14-12-25(13-15-26)21-16-19(23-24-21)17-8-4-3-5-9-17/h3-11,16H,2,12-15H2,1H3,(H,23,24). The zero-order chi connectivity index (χ0) is 19.3. The number of amides is 1. The molecule has 6 heteroatoms. The smallest absolute Gasteiger partial charge is 0.257 e. The lowest BCUT2D eigenvalue weighted by Crippen LogP contribution is -2.49. The molecular weight excluding hydrogens is 352 g/mol. The first-order chi connectivity index (χ1) is 13.8. The summed E-state index contributed by atoms with van der Waals surface area (Å²) in [5.74, 6) is 1.59. The van der Waals surface area contributed by atoms with Crippen molar-refractivity contribution in [1.82, 2.24) is 15.1 Å². The van der Waals surface area contributed by atoms with E-state index in [1.165, 1.54) is 0 Å². The van der Waals surface area contributed by atoms with E-state index in [-0.39, 0.29) is 5.91 Å². The van der Waals surface area contributed by atoms with E-state index in [1.807, 2.05) is 54.3 Å². The van der Waals surface area contributed by atoms with E-state index in [2.05, 4.69) is 33.3 Å². The molecule has 0 saturated carbocycles. The summed E-state index contributed by atoms with van der Waals surface area (Å²) in [6.45, 7) is 5.29. The summed E-state index contributed by atoms with van der Waals surface area (Å²) in [6.07, 6.45) is 0. The van der Waals surface area contributed by atoms with Gasteiger partial charge in [0.15, 0.2) is 5.82 Å². The first kappa shape index (κ1) is 18.1. The number of nitrogens with one attached hydrogen (secondary N) is 1. The van der Waals surface area contributed by atoms with Gasteiger partial charge < -0.3 is 14.5 Å². The Morgan fingerprint density at radius 2 is 1.75 bits per heavy atom. The quantitative estimate of drug-likeness (QED) is 0.741. The van der Waals surface area contributed by atoms with Gasteiger partial charge in [0.05, 0.1) is 17.9 Å². The second kappa shape index (κ2) is 8.17. The van der Waals surface area contributed by atoms with Crippen molar-refractivity contribution in [3.63, 3.8) is 0 Å². The average molecular weight is 376 g/mol. The number of piperazine rings is 1. The molecular formula is C22H24N4O2. The van der Waals surface area contributed by atoms with E-state index >= 15 is 0 Å². The van der Waals surface area contributed by atoms with Crippen molar-refractivity contribution in [3.8, 4) is 17.0 Å². The van der Waals surface area contributed by atoms with Gasteiger partial charge >= 0.3 is 0 Å². The summed E-state index contributed by atoms with van der Waals surface area (Å²) in [5, 5.41) is 7.57. The molecule has 0 bridgehead atoms. The van der Waals surface area contributed by atoms with Crippen molar-refractivity contribution >= 4 is 11.7 Å². The summed E-state index contributed by atoms with van der Waals surface area (Å²) < 4.78 is 5.61. The fraction of sp³-hybridized carbons (Fsp3) is 0.273. The number of aromatic amines is 1. The number of carbonyl (C=O) groups excluding carboxylic acids is 1. The molecule has 1 aliphatic rings. The van der Waals surface area contributed by atoms with Gasteiger partial charge in [0, 0.05) is 32.2 Å². The Morgan fingerprint density at radius 1 is 1.04 bits per heavy atom. The molecule has 0 unspecified atom stereocenters. The van der Waals surface area contributed by atoms with E-state index in [4.69, 9.17) is 4.74 Å². The maximum Gasteiger partial charge on any atom is 0.257 e. The van der Waals surface area contributed by atoms with Crippen LogP contribution in [0.2, 0.25) is 0 Å². The van der Waals surface area contributed by atoms with Crippen molar-refractivity contribution in [3.05, 3.63) is 66.2 Å². The van der Waals surface area contributed by atoms with Crippen LogP contribution in [0.1, 0.15) is 17.3 Å². The highest BCUT2D eigenvalue weighted by atomic mass is 16.5. The Bertz CT molecular complexity index is 930. The van der Waals surface area contributed by atoms with E-state index in [0.29, 0.717) is 31.0 Å². The van der Waals surface area contributed by atoms with Crippen LogP contribution in [0.15, 0.2) is 60.7 Å². The molecule has 3 aromatic rings. The summed E-state index contributed by atoms with van der Waals surface area (Å²) >= 11 is 0. The Balaban J connectivity index is 1.41. The van der Waals surface area contributed by atoms with Crippen molar-refractivity contribution in [2.45, 2.75) is 6.92 Å². The second-order valence-electron chi connectivity index (χ2n) is 6.71. The average Bonchev–Trinajstić information content (AvgIpc) is 3.25. The van der Waals surface area contributed by atoms with Gasteiger partial charge in [-0.2, -0.15) is 5.10 Å². The first-order valence-electron chi connectivity index (χ1n) is 9.63. The largest absolute Gasteiger partial charge is 0.493 e. The first-order valence-corrected chi connectivity index (χ1v) is 9.63. The molecule has 1 aliphatic heterocycles. The van der Waals surface area contributed by atoms with Gasteiger partial charge in [0.25, 0.3) is 5.91 Å². The van der Waals surface area contributed by atoms with Crippen LogP contribution < -0.4 is 9.64 Å². The molecule has 1 aromatic heterocycles. The zero-order valence-electron chi connectivity index (χ0n) is 16.0. The molecule has 2 heterocycles. The summed E-state index contributed by atoms with van der Waals surface area (Å²) in [5.41, 5.74) is 2.74. The third kappa shape index (κ3) is 3.71. The highest BCUT2D eigenvalue weighted by molar-refractivity contribution is 5.97. The molecule has 1 amide bonds. The highest BCUT2D eigenvalue weighted by Gasteiger charge is 2.25. The van der Waals surface area contributed by atoms with Gasteiger partial charge in [-0.15, -0.1) is 0 Å². The highest BCUT2D eigenvalue weighted by Crippen LogP contribution is 2.24. The van der Waals surface area contributed by atoms with Gasteiger partial charge in [-0.1, -0.05) is 42.5 Å². The minimum Gasteiger partial charge on any atom is -0.493 e. The molecule has 0 aliphatic carbocycles. The molecule has 6 nitrogen and oxygen atoms in total. The van der Waals surface area contributed by atoms with Crippen molar-refractivity contribution in [2.24, 2.45) is 0 Å². The lowest BCUT2D eigenvalue weighted by molar-refractivity contribution is 0.0742. The topological polar surface area (TPSA) is 61.5 Å². The molecule has 2 aromatic carbocycles. The van der Waals surface area contributed by atoms with Gasteiger partial charge in [-0.3, -0.25) is 9.89 Å². The number of para-hydroxylation sites is 1. The number of carbonyl (C=O) groups is 1. The number of anilines is 1. The maximum atomic E-state index is 12.9. The normalized spacial score (nSPS) is 14.2. The SMILES string of the molecule is CCOc1ccccc1C(=O)N1CCN(c2cc(-c3ccccc3)[nH]n2)CC1. The van der Waals surface area contributed by atoms with Crippen molar-refractivity contribution in [2.75, 3.05) is 37.7 Å². The molecule has 1 saturated heterocycles. The number of benzene rings is 2. The summed E-state index contributed by atoms with van der Waals surface area (Å²) in [4.78, 5) is 17.0. The lowest BCUT2D eigenvalue weighted by atomic mass is 10.1. The van der Waals surface area contributed by atoms with Crippen LogP contribution in [0.5, 0.6) is 5.75 Å². The molecule has 144 valence electrons. The van der Waals surface area contributed by atoms with Crippen LogP contribution in [-0.4, -0.2) is 53.8 Å². The molecule has 1 N–H and O–H groups in total. The lowest BCUT2D eigenvalue weighted by Gasteiger charge is -2.35. The third-order valence-corrected chi connectivity index (χ3v) is 4.96. The van der Waals surface area contributed by atoms with Crippen molar-refractivity contribution < 1.29 is 9.53 Å². The predicted molar refractivity (Wildman–Crippen MR) is 110 cm³/mol. The van der Waals surface area contributed by atoms with Gasteiger partial charge in [0.2, 0.25) is 0 Å². The van der Waals surface area contributed by atoms with Gasteiger partial charge in [-0.25, -0.2) is 0 Å². The van der Waals surface area contributed by atoms with Gasteiger partial charge in [0.1, 0.15) is 5.75 Å². The number of aromatic nitrogens is 2. The molecule has 0 atom stereocenters. The van der Waals surface area contributed by atoms with Crippen LogP contribution in [0.25, 0.3) is 11.3 Å². The fourth-order valence-corrected chi connectivity index (χ4v) is 3.47. The third-order valence-electron chi connectivity index (χ3n) is 4.96. The predicted octanol–water partition coefficient (Wildman–Crippen LogP) is 3.44. The Hall–Kier alpha value is -3.28. The number of H-pyrrole nitrogens is 1. The van der Waals surface area contributed by atoms with Crippen LogP contribution in [-0.2, 0) is 0 Å². The Labute approximate surface area is 164 Å². The minimum absolute atomic E-state index is 0.0238. The van der Waals surface area contributed by atoms with Crippen LogP contribution in [0.3, 0.4) is 0 Å².